The van der Waals surface area contributed by atoms with E-state index in [1.54, 1.807) is 13.8 Å². The van der Waals surface area contributed by atoms with Gasteiger partial charge in [-0.25, -0.2) is 8.42 Å². The van der Waals surface area contributed by atoms with Crippen molar-refractivity contribution >= 4 is 15.7 Å². The smallest absolute Gasteiger partial charge is 0.233 e. The summed E-state index contributed by atoms with van der Waals surface area (Å²) < 4.78 is 21.8. The standard InChI is InChI=1S/C10H19N3O3S/c1-10(2,17(3,15)16)8-12-7-9(14)13-6-4-5-11/h12H,4,6-8H2,1-3H3,(H,13,14). The second-order valence-corrected chi connectivity index (χ2v) is 7.04. The maximum absolute atomic E-state index is 11.4. The van der Waals surface area contributed by atoms with Crippen LogP contribution in [0.5, 0.6) is 0 Å². The van der Waals surface area contributed by atoms with Gasteiger partial charge in [-0.05, 0) is 13.8 Å². The van der Waals surface area contributed by atoms with E-state index in [1.165, 1.54) is 6.26 Å². The van der Waals surface area contributed by atoms with Gasteiger partial charge in [0, 0.05) is 19.3 Å². The summed E-state index contributed by atoms with van der Waals surface area (Å²) in [5.41, 5.74) is 0. The quantitative estimate of drug-likeness (QED) is 0.598. The van der Waals surface area contributed by atoms with Crippen LogP contribution in [0, 0.1) is 11.3 Å². The number of hydrogen-bond acceptors (Lipinski definition) is 5. The zero-order chi connectivity index (χ0) is 13.5. The number of carbonyl (C=O) groups excluding carboxylic acids is 1. The van der Waals surface area contributed by atoms with Crippen LogP contribution in [-0.4, -0.2) is 45.0 Å². The molecule has 1 amide bonds. The molecule has 0 aromatic carbocycles. The third-order valence-corrected chi connectivity index (χ3v) is 4.55. The van der Waals surface area contributed by atoms with E-state index in [-0.39, 0.29) is 25.4 Å². The van der Waals surface area contributed by atoms with Crippen molar-refractivity contribution in [3.05, 3.63) is 0 Å². The third kappa shape index (κ3) is 6.24. The Labute approximate surface area is 102 Å². The molecule has 0 aliphatic heterocycles. The number of carbonyl (C=O) groups is 1. The SMILES string of the molecule is CC(C)(CNCC(=O)NCCC#N)S(C)(=O)=O. The summed E-state index contributed by atoms with van der Waals surface area (Å²) in [6.07, 6.45) is 1.43. The normalized spacial score (nSPS) is 11.9. The fraction of sp³-hybridized carbons (Fsp3) is 0.800. The number of amides is 1. The molecule has 0 radical (unpaired) electrons. The van der Waals surface area contributed by atoms with Gasteiger partial charge in [-0.15, -0.1) is 0 Å². The van der Waals surface area contributed by atoms with Crippen molar-refractivity contribution in [2.45, 2.75) is 25.0 Å². The van der Waals surface area contributed by atoms with E-state index in [0.29, 0.717) is 6.54 Å². The highest BCUT2D eigenvalue weighted by atomic mass is 32.2. The maximum atomic E-state index is 11.4. The first-order valence-corrected chi connectivity index (χ1v) is 7.14. The van der Waals surface area contributed by atoms with Crippen LogP contribution >= 0.6 is 0 Å². The van der Waals surface area contributed by atoms with Crippen molar-refractivity contribution in [2.24, 2.45) is 0 Å². The van der Waals surface area contributed by atoms with Crippen molar-refractivity contribution in [2.75, 3.05) is 25.9 Å². The molecule has 0 aromatic heterocycles. The van der Waals surface area contributed by atoms with Crippen LogP contribution in [0.1, 0.15) is 20.3 Å². The van der Waals surface area contributed by atoms with Gasteiger partial charge < -0.3 is 10.6 Å². The molecular weight excluding hydrogens is 242 g/mol. The van der Waals surface area contributed by atoms with Crippen LogP contribution in [-0.2, 0) is 14.6 Å². The Morgan fingerprint density at radius 3 is 2.47 bits per heavy atom. The Morgan fingerprint density at radius 1 is 1.41 bits per heavy atom. The molecule has 0 rings (SSSR count). The van der Waals surface area contributed by atoms with Crippen LogP contribution in [0.25, 0.3) is 0 Å². The summed E-state index contributed by atoms with van der Waals surface area (Å²) in [5, 5.41) is 13.6. The van der Waals surface area contributed by atoms with Crippen LogP contribution in [0.2, 0.25) is 0 Å². The van der Waals surface area contributed by atoms with Gasteiger partial charge in [0.15, 0.2) is 9.84 Å². The Kier molecular flexibility index (Phi) is 6.13. The highest BCUT2D eigenvalue weighted by molar-refractivity contribution is 7.92. The van der Waals surface area contributed by atoms with Crippen molar-refractivity contribution in [3.63, 3.8) is 0 Å². The summed E-state index contributed by atoms with van der Waals surface area (Å²) in [5.74, 6) is -0.246. The molecule has 0 aromatic rings. The van der Waals surface area contributed by atoms with E-state index in [9.17, 15) is 13.2 Å². The van der Waals surface area contributed by atoms with E-state index in [4.69, 9.17) is 5.26 Å². The maximum Gasteiger partial charge on any atom is 0.233 e. The molecule has 0 saturated heterocycles. The van der Waals surface area contributed by atoms with Crippen molar-refractivity contribution in [1.29, 1.82) is 5.26 Å². The number of hydrogen-bond donors (Lipinski definition) is 2. The highest BCUT2D eigenvalue weighted by Gasteiger charge is 2.29. The molecule has 0 unspecified atom stereocenters. The lowest BCUT2D eigenvalue weighted by Crippen LogP contribution is -2.45. The van der Waals surface area contributed by atoms with E-state index in [0.717, 1.165) is 0 Å². The molecule has 0 saturated carbocycles. The molecule has 0 heterocycles. The summed E-state index contributed by atoms with van der Waals surface area (Å²) in [6, 6.07) is 1.91. The van der Waals surface area contributed by atoms with Gasteiger partial charge in [0.25, 0.3) is 0 Å². The number of nitriles is 1. The fourth-order valence-electron chi connectivity index (χ4n) is 0.928. The van der Waals surface area contributed by atoms with Gasteiger partial charge in [0.05, 0.1) is 23.8 Å². The zero-order valence-electron chi connectivity index (χ0n) is 10.4. The van der Waals surface area contributed by atoms with Gasteiger partial charge in [0.2, 0.25) is 5.91 Å². The summed E-state index contributed by atoms with van der Waals surface area (Å²) in [4.78, 5) is 11.2. The molecule has 2 N–H and O–H groups in total. The number of nitrogens with one attached hydrogen (secondary N) is 2. The largest absolute Gasteiger partial charge is 0.354 e. The second-order valence-electron chi connectivity index (χ2n) is 4.39. The zero-order valence-corrected chi connectivity index (χ0v) is 11.2. The van der Waals surface area contributed by atoms with Crippen molar-refractivity contribution < 1.29 is 13.2 Å². The Bertz CT molecular complexity index is 396. The molecule has 0 aliphatic rings. The molecule has 0 atom stereocenters. The minimum atomic E-state index is -3.16. The Balaban J connectivity index is 3.93. The first-order chi connectivity index (χ1) is 7.70. The van der Waals surface area contributed by atoms with Crippen LogP contribution in [0.3, 0.4) is 0 Å². The molecule has 7 heteroatoms. The van der Waals surface area contributed by atoms with Gasteiger partial charge in [-0.3, -0.25) is 4.79 Å². The van der Waals surface area contributed by atoms with E-state index in [2.05, 4.69) is 10.6 Å². The number of rotatable bonds is 7. The predicted octanol–water partition coefficient (Wildman–Crippen LogP) is -0.571. The summed E-state index contributed by atoms with van der Waals surface area (Å²) in [6.45, 7) is 3.76. The number of nitrogens with zero attached hydrogens (tertiary/aromatic N) is 1. The average Bonchev–Trinajstić information content (AvgIpc) is 2.16. The predicted molar refractivity (Wildman–Crippen MR) is 65.0 cm³/mol. The Morgan fingerprint density at radius 2 is 2.00 bits per heavy atom. The molecule has 0 fully saturated rings. The topological polar surface area (TPSA) is 99.1 Å². The van der Waals surface area contributed by atoms with Crippen LogP contribution in [0.4, 0.5) is 0 Å². The average molecular weight is 261 g/mol. The lowest BCUT2D eigenvalue weighted by Gasteiger charge is -2.22. The first-order valence-electron chi connectivity index (χ1n) is 5.24. The molecule has 17 heavy (non-hydrogen) atoms. The van der Waals surface area contributed by atoms with Crippen LogP contribution < -0.4 is 10.6 Å². The molecule has 0 bridgehead atoms. The minimum absolute atomic E-state index is 0.0460. The second kappa shape index (κ2) is 6.57. The molecule has 6 nitrogen and oxygen atoms in total. The van der Waals surface area contributed by atoms with Crippen LogP contribution in [0.15, 0.2) is 0 Å². The van der Waals surface area contributed by atoms with Gasteiger partial charge in [-0.2, -0.15) is 5.26 Å². The van der Waals surface area contributed by atoms with Gasteiger partial charge in [0.1, 0.15) is 0 Å². The highest BCUT2D eigenvalue weighted by Crippen LogP contribution is 2.12. The Hall–Kier alpha value is -1.13. The molecule has 0 aliphatic carbocycles. The van der Waals surface area contributed by atoms with E-state index < -0.39 is 14.6 Å². The summed E-state index contributed by atoms with van der Waals surface area (Å²) in [7, 11) is -3.16. The number of sulfone groups is 1. The van der Waals surface area contributed by atoms with E-state index >= 15 is 0 Å². The van der Waals surface area contributed by atoms with Gasteiger partial charge in [-0.1, -0.05) is 0 Å². The minimum Gasteiger partial charge on any atom is -0.354 e. The molecule has 98 valence electrons. The lowest BCUT2D eigenvalue weighted by atomic mass is 10.2. The molecular formula is C10H19N3O3S. The summed E-state index contributed by atoms with van der Waals surface area (Å²) >= 11 is 0. The third-order valence-electron chi connectivity index (χ3n) is 2.40. The van der Waals surface area contributed by atoms with Crippen molar-refractivity contribution in [3.8, 4) is 6.07 Å². The first kappa shape index (κ1) is 15.9. The van der Waals surface area contributed by atoms with E-state index in [1.807, 2.05) is 6.07 Å². The lowest BCUT2D eigenvalue weighted by molar-refractivity contribution is -0.120. The van der Waals surface area contributed by atoms with Crippen molar-refractivity contribution in [1.82, 2.24) is 10.6 Å². The van der Waals surface area contributed by atoms with Gasteiger partial charge >= 0.3 is 0 Å². The monoisotopic (exact) mass is 261 g/mol. The molecule has 0 spiro atoms. The fourth-order valence-corrected chi connectivity index (χ4v) is 1.29.